The lowest BCUT2D eigenvalue weighted by atomic mass is 9.77. The molecule has 1 aliphatic carbocycles. The van der Waals surface area contributed by atoms with E-state index in [1.807, 2.05) is 20.0 Å². The number of hydrogen-bond donors (Lipinski definition) is 1. The van der Waals surface area contributed by atoms with Crippen LogP contribution in [0, 0.1) is 11.8 Å². The zero-order chi connectivity index (χ0) is 14.5. The molecule has 0 spiro atoms. The molecule has 1 fully saturated rings. The molecule has 1 saturated carbocycles. The fourth-order valence-electron chi connectivity index (χ4n) is 3.40. The van der Waals surface area contributed by atoms with Crippen LogP contribution in [0.5, 0.6) is 5.75 Å². The van der Waals surface area contributed by atoms with Crippen LogP contribution in [0.1, 0.15) is 58.1 Å². The number of pyridine rings is 1. The monoisotopic (exact) mass is 276 g/mol. The molecule has 3 heteroatoms. The lowest BCUT2D eigenvalue weighted by molar-refractivity contribution is 0.226. The molecule has 1 N–H and O–H groups in total. The second-order valence-electron chi connectivity index (χ2n) is 6.42. The summed E-state index contributed by atoms with van der Waals surface area (Å²) < 4.78 is 5.77. The Kier molecular flexibility index (Phi) is 5.41. The largest absolute Gasteiger partial charge is 0.489 e. The van der Waals surface area contributed by atoms with Crippen molar-refractivity contribution in [3.8, 4) is 5.75 Å². The third-order valence-corrected chi connectivity index (χ3v) is 4.22. The van der Waals surface area contributed by atoms with Crippen molar-refractivity contribution < 1.29 is 4.74 Å². The molecule has 3 nitrogen and oxygen atoms in total. The minimum Gasteiger partial charge on any atom is -0.489 e. The number of hydrogen-bond acceptors (Lipinski definition) is 3. The van der Waals surface area contributed by atoms with E-state index in [0.29, 0.717) is 12.0 Å². The van der Waals surface area contributed by atoms with Gasteiger partial charge >= 0.3 is 0 Å². The molecule has 0 saturated heterocycles. The standard InChI is InChI=1S/C17H28N2O/c1-12(2)20-16-9-15(10-19-11-16)17(18-4)14-7-5-6-13(3)8-14/h9-14,17-18H,5-8H2,1-4H3. The minimum atomic E-state index is 0.190. The smallest absolute Gasteiger partial charge is 0.138 e. The lowest BCUT2D eigenvalue weighted by Gasteiger charge is -2.33. The topological polar surface area (TPSA) is 34.2 Å². The Morgan fingerprint density at radius 2 is 2.10 bits per heavy atom. The van der Waals surface area contributed by atoms with E-state index in [1.54, 1.807) is 6.20 Å². The molecule has 0 amide bonds. The van der Waals surface area contributed by atoms with Gasteiger partial charge < -0.3 is 10.1 Å². The maximum Gasteiger partial charge on any atom is 0.138 e. The first-order chi connectivity index (χ1) is 9.60. The molecule has 3 unspecified atom stereocenters. The van der Waals surface area contributed by atoms with Crippen LogP contribution in [-0.2, 0) is 0 Å². The zero-order valence-corrected chi connectivity index (χ0v) is 13.2. The first kappa shape index (κ1) is 15.3. The van der Waals surface area contributed by atoms with Crippen LogP contribution in [0.2, 0.25) is 0 Å². The molecule has 1 aromatic rings. The molecule has 1 aliphatic rings. The van der Waals surface area contributed by atoms with E-state index in [4.69, 9.17) is 4.74 Å². The highest BCUT2D eigenvalue weighted by molar-refractivity contribution is 5.26. The van der Waals surface area contributed by atoms with Gasteiger partial charge in [0.05, 0.1) is 12.3 Å². The van der Waals surface area contributed by atoms with Gasteiger partial charge in [-0.05, 0) is 57.2 Å². The van der Waals surface area contributed by atoms with Crippen molar-refractivity contribution in [1.29, 1.82) is 0 Å². The molecule has 0 aliphatic heterocycles. The van der Waals surface area contributed by atoms with Crippen molar-refractivity contribution in [2.24, 2.45) is 11.8 Å². The van der Waals surface area contributed by atoms with Gasteiger partial charge in [0.25, 0.3) is 0 Å². The van der Waals surface area contributed by atoms with Crippen molar-refractivity contribution in [2.75, 3.05) is 7.05 Å². The third-order valence-electron chi connectivity index (χ3n) is 4.22. The maximum atomic E-state index is 5.77. The Hall–Kier alpha value is -1.09. The molecule has 20 heavy (non-hydrogen) atoms. The third kappa shape index (κ3) is 3.95. The van der Waals surface area contributed by atoms with E-state index < -0.39 is 0 Å². The zero-order valence-electron chi connectivity index (χ0n) is 13.2. The number of nitrogens with one attached hydrogen (secondary N) is 1. The molecule has 0 bridgehead atoms. The van der Waals surface area contributed by atoms with Crippen molar-refractivity contribution in [2.45, 2.75) is 58.6 Å². The van der Waals surface area contributed by atoms with Crippen LogP contribution in [-0.4, -0.2) is 18.1 Å². The van der Waals surface area contributed by atoms with E-state index in [-0.39, 0.29) is 6.10 Å². The van der Waals surface area contributed by atoms with Gasteiger partial charge in [-0.3, -0.25) is 4.98 Å². The van der Waals surface area contributed by atoms with E-state index in [2.05, 4.69) is 30.3 Å². The lowest BCUT2D eigenvalue weighted by Crippen LogP contribution is -2.29. The Labute approximate surface area is 123 Å². The van der Waals surface area contributed by atoms with Gasteiger partial charge in [0.2, 0.25) is 0 Å². The summed E-state index contributed by atoms with van der Waals surface area (Å²) in [7, 11) is 2.06. The molecular weight excluding hydrogens is 248 g/mol. The summed E-state index contributed by atoms with van der Waals surface area (Å²) in [5.41, 5.74) is 1.25. The second kappa shape index (κ2) is 7.07. The Balaban J connectivity index is 2.14. The van der Waals surface area contributed by atoms with Crippen LogP contribution in [0.25, 0.3) is 0 Å². The first-order valence-electron chi connectivity index (χ1n) is 7.89. The molecule has 1 heterocycles. The van der Waals surface area contributed by atoms with E-state index >= 15 is 0 Å². The molecule has 1 aromatic heterocycles. The van der Waals surface area contributed by atoms with Gasteiger partial charge in [-0.2, -0.15) is 0 Å². The molecule has 2 rings (SSSR count). The average Bonchev–Trinajstić information content (AvgIpc) is 2.39. The summed E-state index contributed by atoms with van der Waals surface area (Å²) in [6.45, 7) is 6.46. The van der Waals surface area contributed by atoms with Gasteiger partial charge in [-0.15, -0.1) is 0 Å². The highest BCUT2D eigenvalue weighted by Gasteiger charge is 2.27. The molecule has 112 valence electrons. The SMILES string of the molecule is CNC(c1cncc(OC(C)C)c1)C1CCCC(C)C1. The van der Waals surface area contributed by atoms with Crippen molar-refractivity contribution in [3.63, 3.8) is 0 Å². The van der Waals surface area contributed by atoms with E-state index in [0.717, 1.165) is 11.7 Å². The van der Waals surface area contributed by atoms with E-state index in [9.17, 15) is 0 Å². The van der Waals surface area contributed by atoms with Gasteiger partial charge in [0.15, 0.2) is 0 Å². The minimum absolute atomic E-state index is 0.190. The number of aromatic nitrogens is 1. The average molecular weight is 276 g/mol. The molecule has 0 aromatic carbocycles. The number of ether oxygens (including phenoxy) is 1. The van der Waals surface area contributed by atoms with Crippen LogP contribution in [0.15, 0.2) is 18.5 Å². The predicted octanol–water partition coefficient (Wildman–Crippen LogP) is 3.96. The van der Waals surface area contributed by atoms with E-state index in [1.165, 1.54) is 31.2 Å². The van der Waals surface area contributed by atoms with Crippen LogP contribution in [0.4, 0.5) is 0 Å². The van der Waals surface area contributed by atoms with Crippen LogP contribution >= 0.6 is 0 Å². The van der Waals surface area contributed by atoms with Gasteiger partial charge in [-0.1, -0.05) is 19.8 Å². The van der Waals surface area contributed by atoms with Crippen LogP contribution in [0.3, 0.4) is 0 Å². The first-order valence-corrected chi connectivity index (χ1v) is 7.89. The van der Waals surface area contributed by atoms with Crippen LogP contribution < -0.4 is 10.1 Å². The Morgan fingerprint density at radius 3 is 2.75 bits per heavy atom. The number of rotatable bonds is 5. The molecule has 3 atom stereocenters. The highest BCUT2D eigenvalue weighted by Crippen LogP contribution is 2.37. The van der Waals surface area contributed by atoms with Gasteiger partial charge in [0.1, 0.15) is 5.75 Å². The van der Waals surface area contributed by atoms with Gasteiger partial charge in [-0.25, -0.2) is 0 Å². The summed E-state index contributed by atoms with van der Waals surface area (Å²) >= 11 is 0. The number of nitrogens with zero attached hydrogens (tertiary/aromatic N) is 1. The summed E-state index contributed by atoms with van der Waals surface area (Å²) in [4.78, 5) is 4.36. The maximum absolute atomic E-state index is 5.77. The summed E-state index contributed by atoms with van der Waals surface area (Å²) in [5, 5.41) is 3.49. The van der Waals surface area contributed by atoms with Crippen molar-refractivity contribution >= 4 is 0 Å². The molecular formula is C17H28N2O. The normalized spacial score (nSPS) is 24.6. The highest BCUT2D eigenvalue weighted by atomic mass is 16.5. The van der Waals surface area contributed by atoms with Crippen molar-refractivity contribution in [3.05, 3.63) is 24.0 Å². The van der Waals surface area contributed by atoms with Crippen molar-refractivity contribution in [1.82, 2.24) is 10.3 Å². The predicted molar refractivity (Wildman–Crippen MR) is 82.9 cm³/mol. The molecule has 0 radical (unpaired) electrons. The fourth-order valence-corrected chi connectivity index (χ4v) is 3.40. The Morgan fingerprint density at radius 1 is 1.30 bits per heavy atom. The summed E-state index contributed by atoms with van der Waals surface area (Å²) in [5.74, 6) is 2.43. The Bertz CT molecular complexity index is 419. The van der Waals surface area contributed by atoms with Gasteiger partial charge in [0, 0.05) is 12.2 Å². The quantitative estimate of drug-likeness (QED) is 0.884. The second-order valence-corrected chi connectivity index (χ2v) is 6.42. The summed E-state index contributed by atoms with van der Waals surface area (Å²) in [6, 6.07) is 2.54. The summed E-state index contributed by atoms with van der Waals surface area (Å²) in [6.07, 6.45) is 9.32. The fraction of sp³-hybridized carbons (Fsp3) is 0.706.